The highest BCUT2D eigenvalue weighted by Crippen LogP contribution is 2.22. The Morgan fingerprint density at radius 3 is 2.78 bits per heavy atom. The van der Waals surface area contributed by atoms with Gasteiger partial charge in [-0.2, -0.15) is 8.78 Å². The maximum Gasteiger partial charge on any atom is 0.314 e. The number of nitrogens with zero attached hydrogens (tertiary/aromatic N) is 6. The average Bonchev–Trinajstić information content (AvgIpc) is 2.87. The first-order valence-corrected chi connectivity index (χ1v) is 4.78. The third-order valence-corrected chi connectivity index (χ3v) is 1.99. The molecule has 0 aliphatic rings. The van der Waals surface area contributed by atoms with Crippen molar-refractivity contribution in [2.75, 3.05) is 0 Å². The highest BCUT2D eigenvalue weighted by atomic mass is 19.3. The van der Waals surface area contributed by atoms with Gasteiger partial charge in [-0.1, -0.05) is 5.11 Å². The van der Waals surface area contributed by atoms with E-state index in [4.69, 9.17) is 9.95 Å². The summed E-state index contributed by atoms with van der Waals surface area (Å²) in [7, 11) is 0. The van der Waals surface area contributed by atoms with Crippen molar-refractivity contribution in [1.29, 1.82) is 0 Å². The molecule has 0 atom stereocenters. The summed E-state index contributed by atoms with van der Waals surface area (Å²) in [4.78, 5) is 6.56. The van der Waals surface area contributed by atoms with Crippen LogP contribution in [0.5, 0.6) is 0 Å². The molecule has 2 heterocycles. The number of pyridine rings is 1. The van der Waals surface area contributed by atoms with Crippen molar-refractivity contribution < 1.29 is 13.2 Å². The number of halogens is 2. The van der Waals surface area contributed by atoms with E-state index in [0.717, 1.165) is 0 Å². The lowest BCUT2D eigenvalue weighted by molar-refractivity contribution is 0.116. The Morgan fingerprint density at radius 1 is 1.39 bits per heavy atom. The van der Waals surface area contributed by atoms with Crippen molar-refractivity contribution in [2.24, 2.45) is 5.11 Å². The maximum atomic E-state index is 12.2. The van der Waals surface area contributed by atoms with Crippen molar-refractivity contribution in [2.45, 2.75) is 13.0 Å². The number of hydrogen-bond donors (Lipinski definition) is 0. The monoisotopic (exact) mass is 252 g/mol. The second-order valence-electron chi connectivity index (χ2n) is 3.17. The van der Waals surface area contributed by atoms with E-state index in [0.29, 0.717) is 11.3 Å². The number of rotatable bonds is 4. The average molecular weight is 252 g/mol. The first-order valence-electron chi connectivity index (χ1n) is 4.78. The molecule has 0 bridgehead atoms. The Balaban J connectivity index is 2.20. The molecule has 0 radical (unpaired) electrons. The van der Waals surface area contributed by atoms with Gasteiger partial charge in [-0.15, -0.1) is 10.2 Å². The quantitative estimate of drug-likeness (QED) is 0.474. The summed E-state index contributed by atoms with van der Waals surface area (Å²) in [5, 5.41) is 10.0. The van der Waals surface area contributed by atoms with Crippen LogP contribution in [0.15, 0.2) is 27.9 Å². The zero-order valence-corrected chi connectivity index (χ0v) is 8.86. The lowest BCUT2D eigenvalue weighted by Gasteiger charge is -1.96. The van der Waals surface area contributed by atoms with E-state index in [-0.39, 0.29) is 12.4 Å². The molecule has 2 rings (SSSR count). The van der Waals surface area contributed by atoms with Gasteiger partial charge in [-0.25, -0.2) is 0 Å². The van der Waals surface area contributed by atoms with E-state index >= 15 is 0 Å². The smallest absolute Gasteiger partial charge is 0.314 e. The SMILES string of the molecule is [N-]=[N+]=NCc1ccc(-c2nnc(C(F)F)o2)cn1. The Morgan fingerprint density at radius 2 is 2.22 bits per heavy atom. The number of aromatic nitrogens is 3. The van der Waals surface area contributed by atoms with Crippen LogP contribution in [0.1, 0.15) is 18.0 Å². The zero-order valence-electron chi connectivity index (χ0n) is 8.86. The van der Waals surface area contributed by atoms with E-state index in [1.54, 1.807) is 12.1 Å². The summed E-state index contributed by atoms with van der Waals surface area (Å²) < 4.78 is 29.2. The van der Waals surface area contributed by atoms with Crippen molar-refractivity contribution >= 4 is 0 Å². The Hall–Kier alpha value is -2.54. The summed E-state index contributed by atoms with van der Waals surface area (Å²) in [5.41, 5.74) is 9.10. The van der Waals surface area contributed by atoms with Gasteiger partial charge in [0, 0.05) is 16.8 Å². The van der Waals surface area contributed by atoms with Crippen LogP contribution in [0.25, 0.3) is 21.9 Å². The molecule has 18 heavy (non-hydrogen) atoms. The molecule has 0 aliphatic carbocycles. The Bertz CT molecular complexity index is 575. The molecule has 2 aromatic heterocycles. The third kappa shape index (κ3) is 2.58. The molecule has 7 nitrogen and oxygen atoms in total. The molecule has 0 spiro atoms. The minimum atomic E-state index is -2.80. The van der Waals surface area contributed by atoms with E-state index in [1.165, 1.54) is 6.20 Å². The van der Waals surface area contributed by atoms with Gasteiger partial charge in [0.2, 0.25) is 5.89 Å². The highest BCUT2D eigenvalue weighted by Gasteiger charge is 2.16. The summed E-state index contributed by atoms with van der Waals surface area (Å²) in [5.74, 6) is -0.767. The van der Waals surface area contributed by atoms with Gasteiger partial charge in [-0.05, 0) is 17.7 Å². The number of azide groups is 1. The van der Waals surface area contributed by atoms with Gasteiger partial charge in [0.25, 0.3) is 5.89 Å². The van der Waals surface area contributed by atoms with E-state index < -0.39 is 12.3 Å². The van der Waals surface area contributed by atoms with Gasteiger partial charge in [0.1, 0.15) is 0 Å². The van der Waals surface area contributed by atoms with Gasteiger partial charge < -0.3 is 4.42 Å². The van der Waals surface area contributed by atoms with Gasteiger partial charge >= 0.3 is 6.43 Å². The Labute approximate surface area is 99.1 Å². The molecule has 0 aromatic carbocycles. The minimum Gasteiger partial charge on any atom is -0.415 e. The van der Waals surface area contributed by atoms with Crippen molar-refractivity contribution in [1.82, 2.24) is 15.2 Å². The molecule has 0 saturated heterocycles. The van der Waals surface area contributed by atoms with Gasteiger partial charge in [0.15, 0.2) is 0 Å². The molecular weight excluding hydrogens is 246 g/mol. The highest BCUT2D eigenvalue weighted by molar-refractivity contribution is 5.50. The topological polar surface area (TPSA) is 101 Å². The van der Waals surface area contributed by atoms with Crippen LogP contribution in [0.4, 0.5) is 8.78 Å². The largest absolute Gasteiger partial charge is 0.415 e. The van der Waals surface area contributed by atoms with Crippen LogP contribution >= 0.6 is 0 Å². The fourth-order valence-corrected chi connectivity index (χ4v) is 1.19. The maximum absolute atomic E-state index is 12.2. The first-order chi connectivity index (χ1) is 8.70. The van der Waals surface area contributed by atoms with Crippen LogP contribution < -0.4 is 0 Å². The van der Waals surface area contributed by atoms with E-state index in [1.807, 2.05) is 0 Å². The van der Waals surface area contributed by atoms with Gasteiger partial charge in [0.05, 0.1) is 12.1 Å². The molecule has 0 unspecified atom stereocenters. The van der Waals surface area contributed by atoms with E-state index in [9.17, 15) is 8.78 Å². The molecular formula is C9H6F2N6O. The predicted molar refractivity (Wildman–Crippen MR) is 55.3 cm³/mol. The van der Waals surface area contributed by atoms with Crippen LogP contribution in [0, 0.1) is 0 Å². The van der Waals surface area contributed by atoms with Crippen LogP contribution in [0.2, 0.25) is 0 Å². The third-order valence-electron chi connectivity index (χ3n) is 1.99. The number of hydrogen-bond acceptors (Lipinski definition) is 5. The summed E-state index contributed by atoms with van der Waals surface area (Å²) in [6.45, 7) is 0.114. The minimum absolute atomic E-state index is 0.0341. The fraction of sp³-hybridized carbons (Fsp3) is 0.222. The molecule has 0 fully saturated rings. The Kier molecular flexibility index (Phi) is 3.44. The second-order valence-corrected chi connectivity index (χ2v) is 3.17. The fourth-order valence-electron chi connectivity index (χ4n) is 1.19. The molecule has 0 amide bonds. The molecule has 0 N–H and O–H groups in total. The number of alkyl halides is 2. The van der Waals surface area contributed by atoms with Crippen molar-refractivity contribution in [3.8, 4) is 11.5 Å². The van der Waals surface area contributed by atoms with Gasteiger partial charge in [-0.3, -0.25) is 4.98 Å². The summed E-state index contributed by atoms with van der Waals surface area (Å²) in [6, 6.07) is 3.15. The zero-order chi connectivity index (χ0) is 13.0. The molecule has 2 aromatic rings. The lowest BCUT2D eigenvalue weighted by Crippen LogP contribution is -1.87. The predicted octanol–water partition coefficient (Wildman–Crippen LogP) is 2.88. The molecule has 92 valence electrons. The van der Waals surface area contributed by atoms with Crippen LogP contribution in [-0.2, 0) is 6.54 Å². The molecule has 9 heteroatoms. The standard InChI is InChI=1S/C9H6F2N6O/c10-7(11)9-16-15-8(18-9)5-1-2-6(13-3-5)4-14-17-12/h1-3,7H,4H2. The van der Waals surface area contributed by atoms with Crippen molar-refractivity contribution in [3.05, 3.63) is 40.4 Å². The van der Waals surface area contributed by atoms with E-state index in [2.05, 4.69) is 25.2 Å². The first kappa shape index (κ1) is 11.9. The molecule has 0 aliphatic heterocycles. The normalized spacial score (nSPS) is 10.4. The lowest BCUT2D eigenvalue weighted by atomic mass is 10.2. The summed E-state index contributed by atoms with van der Waals surface area (Å²) in [6.07, 6.45) is -1.42. The van der Waals surface area contributed by atoms with Crippen molar-refractivity contribution in [3.63, 3.8) is 0 Å². The van der Waals surface area contributed by atoms with Crippen LogP contribution in [0.3, 0.4) is 0 Å². The van der Waals surface area contributed by atoms with Crippen LogP contribution in [-0.4, -0.2) is 15.2 Å². The molecule has 0 saturated carbocycles. The summed E-state index contributed by atoms with van der Waals surface area (Å²) >= 11 is 0. The second kappa shape index (κ2) is 5.19.